The number of carbonyl (C=O) groups is 7. The molecule has 0 radical (unpaired) electrons. The summed E-state index contributed by atoms with van der Waals surface area (Å²) in [6, 6.07) is 39.2. The first-order valence-corrected chi connectivity index (χ1v) is 31.1. The van der Waals surface area contributed by atoms with Crippen LogP contribution < -0.4 is 165 Å². The molecule has 0 bridgehead atoms. The Balaban J connectivity index is -0.000000410. The first-order valence-electron chi connectivity index (χ1n) is 29.6. The zero-order valence-electron chi connectivity index (χ0n) is 58.9. The Morgan fingerprint density at radius 2 is 0.934 bits per heavy atom. The van der Waals surface area contributed by atoms with E-state index in [1.807, 2.05) is 0 Å². The maximum absolute atomic E-state index is 14.3. The topological polar surface area (TPSA) is 496 Å². The third-order valence-electron chi connectivity index (χ3n) is 11.0. The van der Waals surface area contributed by atoms with Gasteiger partial charge in [-0.05, 0) is 161 Å². The van der Waals surface area contributed by atoms with Crippen molar-refractivity contribution in [3.63, 3.8) is 0 Å². The average molecular weight is 1620 g/mol. The quantitative estimate of drug-likeness (QED) is 0.00303. The van der Waals surface area contributed by atoms with Gasteiger partial charge in [0.15, 0.2) is 43.1 Å². The van der Waals surface area contributed by atoms with Crippen LogP contribution in [0.15, 0.2) is 183 Å². The second-order valence-electron chi connectivity index (χ2n) is 18.4. The van der Waals surface area contributed by atoms with E-state index in [1.54, 1.807) is 159 Å². The van der Waals surface area contributed by atoms with Gasteiger partial charge in [-0.2, -0.15) is 9.97 Å². The summed E-state index contributed by atoms with van der Waals surface area (Å²) >= 11 is 8.55. The minimum Gasteiger partial charge on any atom is -1.00 e. The number of esters is 4. The van der Waals surface area contributed by atoms with Crippen LogP contribution in [0.5, 0.6) is 23.0 Å². The van der Waals surface area contributed by atoms with E-state index in [0.29, 0.717) is 87.9 Å². The number of carbonyl (C=O) groups excluding carboxylic acids is 7. The van der Waals surface area contributed by atoms with E-state index in [0.717, 1.165) is 24.5 Å². The second-order valence-corrected chi connectivity index (χ2v) is 19.3. The molecule has 2 amide bonds. The van der Waals surface area contributed by atoms with E-state index in [2.05, 4.69) is 90.0 Å². The number of nitrogen functional groups attached to an aromatic ring is 1. The van der Waals surface area contributed by atoms with Crippen LogP contribution in [0.4, 0.5) is 71.9 Å². The predicted molar refractivity (Wildman–Crippen MR) is 380 cm³/mol. The molecule has 0 saturated heterocycles. The third-order valence-corrected chi connectivity index (χ3v) is 11.6. The smallest absolute Gasteiger partial charge is 1.00 e. The number of phenols is 1. The van der Waals surface area contributed by atoms with Crippen molar-refractivity contribution in [1.29, 1.82) is 0 Å². The van der Waals surface area contributed by atoms with Gasteiger partial charge in [-0.25, -0.2) is 33.1 Å². The molecule has 0 aliphatic rings. The SMILES string of the molecule is C=CC(=O)Nc1cccc(Nc2nc(Cl)ncc2F)c1.C=CC(=O)Nc1cccc(Nc2nc(Nc3ccc(OCC(=O)OCC)cc3)ncc2F)c1.CCOC(=O)CBr.CCOC(=O)COc1ccc(N)cc1.CCOC(=O)COc1ccc([NH+]=O)cc1.O=CO[O-].O=[NH+]c1ccc(O)cc1.[H-].[HH].[K+].[K+].[OH-].[OH-]. The fraction of sp³-hybridized carbons (Fsp3) is 0.179. The Labute approximate surface area is 707 Å². The van der Waals surface area contributed by atoms with Crippen LogP contribution in [-0.4, -0.2) is 130 Å². The first-order chi connectivity index (χ1) is 49.1. The van der Waals surface area contributed by atoms with Crippen molar-refractivity contribution in [2.24, 2.45) is 0 Å². The van der Waals surface area contributed by atoms with E-state index in [4.69, 9.17) is 56.2 Å². The number of hydrogen-bond acceptors (Lipinski definition) is 29. The number of amides is 2. The van der Waals surface area contributed by atoms with Crippen LogP contribution in [0.3, 0.4) is 0 Å². The van der Waals surface area contributed by atoms with E-state index in [1.165, 1.54) is 24.3 Å². The van der Waals surface area contributed by atoms with Gasteiger partial charge in [-0.1, -0.05) is 41.2 Å². The number of nitrogens with two attached hydrogens (primary N) is 1. The average Bonchev–Trinajstić information content (AvgIpc) is 0.849. The molecule has 0 spiro atoms. The molecule has 6 aromatic carbocycles. The maximum Gasteiger partial charge on any atom is 1.00 e. The van der Waals surface area contributed by atoms with Crippen LogP contribution in [0, 0.1) is 21.4 Å². The predicted octanol–water partition coefficient (Wildman–Crippen LogP) is 1.89. The number of halogens is 4. The van der Waals surface area contributed by atoms with Gasteiger partial charge in [-0.3, -0.25) is 19.2 Å². The number of benzene rings is 6. The number of ether oxygens (including phenoxy) is 7. The Morgan fingerprint density at radius 1 is 0.575 bits per heavy atom. The Bertz CT molecular complexity index is 3970. The zero-order valence-corrected chi connectivity index (χ0v) is 66.5. The summed E-state index contributed by atoms with van der Waals surface area (Å²) in [7, 11) is 0. The van der Waals surface area contributed by atoms with Gasteiger partial charge in [0.2, 0.25) is 23.0 Å². The van der Waals surface area contributed by atoms with E-state index in [9.17, 15) is 47.4 Å². The summed E-state index contributed by atoms with van der Waals surface area (Å²) in [5.41, 5.74) is 9.79. The number of nitrogens with one attached hydrogen (secondary N) is 7. The van der Waals surface area contributed by atoms with Crippen molar-refractivity contribution < 1.29 is 218 Å². The number of nitrogens with zero attached hydrogens (tertiary/aromatic N) is 4. The molecule has 2 heterocycles. The van der Waals surface area contributed by atoms with Crippen LogP contribution in [-0.2, 0) is 57.4 Å². The van der Waals surface area contributed by atoms with Crippen LogP contribution in [0.1, 0.15) is 30.5 Å². The number of aromatic hydroxyl groups is 1. The molecule has 0 saturated carbocycles. The van der Waals surface area contributed by atoms with E-state index in [-0.39, 0.29) is 202 Å². The standard InChI is InChI=1S/C23H22FN5O4.C13H10ClFN4O.C10H11NO4.C10H13NO3.C6H5NO2.C4H7BrO2.CH2O3.2K.2H2O.H2.H/c1-3-20(30)26-16-6-5-7-17(12-16)27-22-19(24)13-25-23(29-22)28-15-8-10-18(11-9-15)33-14-21(31)32-4-2;1-2-11(20)17-8-4-3-5-9(6-8)18-12-10(15)7-16-13(14)19-12;1-2-14-10(12)7-15-9-5-3-8(11-13)4-6-9;1-2-13-10(12)7-14-9-5-3-8(11)4-6-9;8-6-3-1-5(7-9)2-4-6;1-2-7-4(6)3-5;2-1-4-3;;;;;;/h3,5-13H,1,4,14H2,2H3,(H,26,30)(H2,25,27,28,29);2-7H,1H2,(H,17,20)(H,16,18,19);3-6H,2,7H2,1H3;3-6H,2,7,11H2,1H3;1-4,8H;2-3H2,1H3;1,3H;;;2*1H2;1H;/q;;;;;;;2*+1;;;;-1/p-1. The van der Waals surface area contributed by atoms with E-state index >= 15 is 0 Å². The van der Waals surface area contributed by atoms with Crippen molar-refractivity contribution in [1.82, 2.24) is 19.9 Å². The molecule has 106 heavy (non-hydrogen) atoms. The van der Waals surface area contributed by atoms with Crippen molar-refractivity contribution in [2.75, 3.05) is 83.9 Å². The Kier molecular flexibility index (Phi) is 57.9. The molecule has 33 nitrogen and oxygen atoms in total. The van der Waals surface area contributed by atoms with Crippen molar-refractivity contribution in [2.45, 2.75) is 27.7 Å². The summed E-state index contributed by atoms with van der Waals surface area (Å²) in [4.78, 5) is 113. The fourth-order valence-corrected chi connectivity index (χ4v) is 6.96. The normalized spacial score (nSPS) is 9.10. The molecule has 8 rings (SSSR count). The molecule has 0 fully saturated rings. The summed E-state index contributed by atoms with van der Waals surface area (Å²) in [6.07, 6.45) is 4.32. The molecule has 39 heteroatoms. The zero-order chi connectivity index (χ0) is 75.5. The molecule has 560 valence electrons. The molecule has 0 aliphatic carbocycles. The molecule has 0 atom stereocenters. The van der Waals surface area contributed by atoms with Crippen LogP contribution >= 0.6 is 27.5 Å². The number of nitroso groups, excluding NO2 is 2. The molecule has 8 aromatic rings. The Morgan fingerprint density at radius 3 is 1.30 bits per heavy atom. The minimum atomic E-state index is -0.649. The molecule has 2 aromatic heterocycles. The molecule has 12 N–H and O–H groups in total. The second kappa shape index (κ2) is 60.9. The van der Waals surface area contributed by atoms with Gasteiger partial charge < -0.3 is 93.1 Å². The summed E-state index contributed by atoms with van der Waals surface area (Å²) in [5.74, 6) is -1.58. The van der Waals surface area contributed by atoms with Gasteiger partial charge in [-0.15, -0.1) is 0 Å². The fourth-order valence-electron chi connectivity index (χ4n) is 6.67. The van der Waals surface area contributed by atoms with Crippen LogP contribution in [0.2, 0.25) is 5.28 Å². The third kappa shape index (κ3) is 45.8. The number of hydrogen-bond donors (Lipinski definition) is 9. The van der Waals surface area contributed by atoms with Crippen molar-refractivity contribution in [3.05, 3.63) is 210 Å². The molecule has 0 unspecified atom stereocenters. The maximum atomic E-state index is 14.3. The van der Waals surface area contributed by atoms with Gasteiger partial charge >= 0.3 is 127 Å². The number of anilines is 9. The largest absolute Gasteiger partial charge is 1.00 e. The summed E-state index contributed by atoms with van der Waals surface area (Å²) < 4.78 is 62.1. The van der Waals surface area contributed by atoms with E-state index < -0.39 is 23.6 Å². The number of rotatable bonds is 27. The van der Waals surface area contributed by atoms with Gasteiger partial charge in [0, 0.05) is 80.0 Å². The molecular weight excluding hydrogens is 1540 g/mol. The van der Waals surface area contributed by atoms with Crippen molar-refractivity contribution >= 4 is 133 Å². The summed E-state index contributed by atoms with van der Waals surface area (Å²) in [6.45, 7) is 14.6. The minimum absolute atomic E-state index is 0. The monoisotopic (exact) mass is 1610 g/mol. The Hall–Kier alpha value is -9.37. The van der Waals surface area contributed by atoms with Crippen LogP contribution in [0.25, 0.3) is 0 Å². The molecule has 0 aliphatic heterocycles. The summed E-state index contributed by atoms with van der Waals surface area (Å²) in [5, 5.41) is 34.6. The van der Waals surface area contributed by atoms with Crippen molar-refractivity contribution in [3.8, 4) is 23.0 Å². The first kappa shape index (κ1) is 101. The molecular formula is C67H76BrClF2K2N12O21. The van der Waals surface area contributed by atoms with Gasteiger partial charge in [0.25, 0.3) is 17.8 Å². The van der Waals surface area contributed by atoms with Gasteiger partial charge in [0.1, 0.15) is 28.3 Å². The number of phenolic OH excluding ortho intramolecular Hbond substituents is 1. The number of alkyl halides is 1. The number of aromatic nitrogens is 4. The van der Waals surface area contributed by atoms with Gasteiger partial charge in [0.05, 0.1) is 38.8 Å².